The highest BCUT2D eigenvalue weighted by atomic mass is 35.5. The molecule has 0 unspecified atom stereocenters. The molecule has 1 aliphatic carbocycles. The molecule has 60 valence electrons. The van der Waals surface area contributed by atoms with Crippen molar-refractivity contribution in [1.82, 2.24) is 9.95 Å². The molecule has 0 aromatic rings. The number of nitrogens with one attached hydrogen (secondary N) is 1. The molecule has 11 heavy (non-hydrogen) atoms. The minimum atomic E-state index is 0.800. The Hall–Kier alpha value is -0.340. The molecule has 0 aromatic heterocycles. The molecule has 0 atom stereocenters. The first-order chi connectivity index (χ1) is 5.29. The summed E-state index contributed by atoms with van der Waals surface area (Å²) >= 11 is 11.8. The second-order valence-electron chi connectivity index (χ2n) is 2.68. The maximum absolute atomic E-state index is 5.94. The van der Waals surface area contributed by atoms with Crippen molar-refractivity contribution in [2.75, 3.05) is 0 Å². The summed E-state index contributed by atoms with van der Waals surface area (Å²) in [6, 6.07) is 0. The van der Waals surface area contributed by atoms with Crippen molar-refractivity contribution < 1.29 is 0 Å². The van der Waals surface area contributed by atoms with Gasteiger partial charge in [0.2, 0.25) is 0 Å². The van der Waals surface area contributed by atoms with Crippen LogP contribution in [0.2, 0.25) is 0 Å². The molecule has 2 nitrogen and oxygen atoms in total. The molecule has 0 spiro atoms. The van der Waals surface area contributed by atoms with E-state index in [-0.39, 0.29) is 0 Å². The van der Waals surface area contributed by atoms with Gasteiger partial charge in [0.25, 0.3) is 0 Å². The molecule has 1 aliphatic heterocycles. The smallest absolute Gasteiger partial charge is 0.0632 e. The Labute approximate surface area is 75.5 Å². The van der Waals surface area contributed by atoms with Crippen molar-refractivity contribution in [2.45, 2.75) is 19.3 Å². The van der Waals surface area contributed by atoms with Crippen LogP contribution in [0.4, 0.5) is 0 Å². The summed E-state index contributed by atoms with van der Waals surface area (Å²) in [7, 11) is 0. The summed E-state index contributed by atoms with van der Waals surface area (Å²) in [5.74, 6) is 0. The Balaban J connectivity index is 2.36. The fourth-order valence-electron chi connectivity index (χ4n) is 1.48. The molecule has 2 rings (SSSR count). The topological polar surface area (TPSA) is 15.3 Å². The highest BCUT2D eigenvalue weighted by Crippen LogP contribution is 2.36. The lowest BCUT2D eigenvalue weighted by Crippen LogP contribution is -2.27. The number of allylic oxidation sites excluding steroid dienone is 3. The van der Waals surface area contributed by atoms with E-state index in [1.165, 1.54) is 10.1 Å². The van der Waals surface area contributed by atoms with Gasteiger partial charge in [-0.05, 0) is 24.8 Å². The van der Waals surface area contributed by atoms with Crippen LogP contribution in [-0.2, 0) is 0 Å². The van der Waals surface area contributed by atoms with Crippen LogP contribution in [0.5, 0.6) is 0 Å². The molecule has 0 saturated heterocycles. The van der Waals surface area contributed by atoms with E-state index in [2.05, 4.69) is 5.43 Å². The van der Waals surface area contributed by atoms with E-state index >= 15 is 0 Å². The zero-order valence-corrected chi connectivity index (χ0v) is 7.41. The number of rotatable bonds is 0. The van der Waals surface area contributed by atoms with Crippen molar-refractivity contribution in [3.63, 3.8) is 0 Å². The van der Waals surface area contributed by atoms with Crippen molar-refractivity contribution in [2.24, 2.45) is 0 Å². The normalized spacial score (nSPS) is 23.1. The van der Waals surface area contributed by atoms with E-state index in [0.29, 0.717) is 0 Å². The van der Waals surface area contributed by atoms with Gasteiger partial charge < -0.3 is 0 Å². The van der Waals surface area contributed by atoms with Gasteiger partial charge in [-0.3, -0.25) is 5.43 Å². The second kappa shape index (κ2) is 2.61. The molecule has 1 N–H and O–H groups in total. The van der Waals surface area contributed by atoms with E-state index in [4.69, 9.17) is 23.4 Å². The van der Waals surface area contributed by atoms with Gasteiger partial charge in [0.05, 0.1) is 10.7 Å². The minimum absolute atomic E-state index is 0.800. The zero-order chi connectivity index (χ0) is 7.84. The van der Waals surface area contributed by atoms with E-state index in [1.54, 1.807) is 6.20 Å². The number of nitrogens with zero attached hydrogens (tertiary/aromatic N) is 1. The van der Waals surface area contributed by atoms with Gasteiger partial charge in [0, 0.05) is 18.0 Å². The maximum Gasteiger partial charge on any atom is 0.0632 e. The highest BCUT2D eigenvalue weighted by Gasteiger charge is 2.23. The SMILES string of the molecule is ClC1=CNN(Cl)C2=C1CCC2. The van der Waals surface area contributed by atoms with Crippen molar-refractivity contribution in [3.05, 3.63) is 22.5 Å². The molecular formula is C7H8Cl2N2. The van der Waals surface area contributed by atoms with Crippen LogP contribution >= 0.6 is 23.4 Å². The number of hydrazine groups is 1. The van der Waals surface area contributed by atoms with Gasteiger partial charge in [-0.2, -0.15) is 4.53 Å². The van der Waals surface area contributed by atoms with Crippen LogP contribution in [0.25, 0.3) is 0 Å². The third-order valence-corrected chi connectivity index (χ3v) is 2.66. The van der Waals surface area contributed by atoms with Gasteiger partial charge in [0.1, 0.15) is 0 Å². The van der Waals surface area contributed by atoms with Crippen molar-refractivity contribution in [3.8, 4) is 0 Å². The van der Waals surface area contributed by atoms with Gasteiger partial charge >= 0.3 is 0 Å². The Morgan fingerprint density at radius 3 is 3.00 bits per heavy atom. The Bertz CT molecular complexity index is 245. The fraction of sp³-hybridized carbons (Fsp3) is 0.429. The average Bonchev–Trinajstić information content (AvgIpc) is 2.45. The predicted molar refractivity (Wildman–Crippen MR) is 45.6 cm³/mol. The molecule has 0 bridgehead atoms. The average molecular weight is 191 g/mol. The first kappa shape index (κ1) is 7.32. The summed E-state index contributed by atoms with van der Waals surface area (Å²) in [6.45, 7) is 0. The highest BCUT2D eigenvalue weighted by molar-refractivity contribution is 6.32. The van der Waals surface area contributed by atoms with Crippen LogP contribution in [0.1, 0.15) is 19.3 Å². The van der Waals surface area contributed by atoms with Crippen molar-refractivity contribution >= 4 is 23.4 Å². The molecule has 0 aromatic carbocycles. The molecule has 1 heterocycles. The number of halogens is 2. The first-order valence-electron chi connectivity index (χ1n) is 3.59. The molecule has 2 aliphatic rings. The predicted octanol–water partition coefficient (Wildman–Crippen LogP) is 2.48. The van der Waals surface area contributed by atoms with E-state index in [0.717, 1.165) is 30.0 Å². The summed E-state index contributed by atoms with van der Waals surface area (Å²) < 4.78 is 1.52. The summed E-state index contributed by atoms with van der Waals surface area (Å²) in [4.78, 5) is 0. The van der Waals surface area contributed by atoms with Crippen LogP contribution in [-0.4, -0.2) is 4.53 Å². The van der Waals surface area contributed by atoms with Crippen LogP contribution < -0.4 is 5.43 Å². The zero-order valence-electron chi connectivity index (χ0n) is 5.90. The first-order valence-corrected chi connectivity index (χ1v) is 4.31. The molecule has 0 fully saturated rings. The maximum atomic E-state index is 5.94. The van der Waals surface area contributed by atoms with E-state index in [9.17, 15) is 0 Å². The fourth-order valence-corrected chi connectivity index (χ4v) is 1.97. The molecular weight excluding hydrogens is 183 g/mol. The van der Waals surface area contributed by atoms with E-state index in [1.807, 2.05) is 0 Å². The quantitative estimate of drug-likeness (QED) is 0.591. The number of hydrogen-bond donors (Lipinski definition) is 1. The van der Waals surface area contributed by atoms with Gasteiger partial charge in [-0.25, -0.2) is 0 Å². The molecule has 0 saturated carbocycles. The second-order valence-corrected chi connectivity index (χ2v) is 3.43. The summed E-state index contributed by atoms with van der Waals surface area (Å²) in [5.41, 5.74) is 5.17. The molecule has 0 radical (unpaired) electrons. The lowest BCUT2D eigenvalue weighted by atomic mass is 10.2. The van der Waals surface area contributed by atoms with E-state index < -0.39 is 0 Å². The van der Waals surface area contributed by atoms with Crippen LogP contribution in [0, 0.1) is 0 Å². The third kappa shape index (κ3) is 1.10. The van der Waals surface area contributed by atoms with Gasteiger partial charge in [-0.1, -0.05) is 11.6 Å². The molecule has 4 heteroatoms. The van der Waals surface area contributed by atoms with Crippen molar-refractivity contribution in [1.29, 1.82) is 0 Å². The van der Waals surface area contributed by atoms with Gasteiger partial charge in [-0.15, -0.1) is 0 Å². The standard InChI is InChI=1S/C7H8Cl2N2/c8-6-4-10-11(9)7-3-1-2-5(6)7/h4,10H,1-3H2. The summed E-state index contributed by atoms with van der Waals surface area (Å²) in [6.07, 6.45) is 4.95. The number of hydrogen-bond acceptors (Lipinski definition) is 2. The van der Waals surface area contributed by atoms with Crippen LogP contribution in [0.3, 0.4) is 0 Å². The Morgan fingerprint density at radius 1 is 1.45 bits per heavy atom. The lowest BCUT2D eigenvalue weighted by Gasteiger charge is -2.22. The largest absolute Gasteiger partial charge is 0.290 e. The minimum Gasteiger partial charge on any atom is -0.290 e. The third-order valence-electron chi connectivity index (χ3n) is 2.02. The Morgan fingerprint density at radius 2 is 2.27 bits per heavy atom. The monoisotopic (exact) mass is 190 g/mol. The Kier molecular flexibility index (Phi) is 1.74. The summed E-state index contributed by atoms with van der Waals surface area (Å²) in [5, 5.41) is 0.800. The van der Waals surface area contributed by atoms with Crippen LogP contribution in [0.15, 0.2) is 22.5 Å². The lowest BCUT2D eigenvalue weighted by molar-refractivity contribution is 0.458. The van der Waals surface area contributed by atoms with Gasteiger partial charge in [0.15, 0.2) is 0 Å². The molecule has 0 amide bonds.